The van der Waals surface area contributed by atoms with Gasteiger partial charge in [0.1, 0.15) is 10.6 Å². The number of hydrogen-bond donors (Lipinski definition) is 3. The van der Waals surface area contributed by atoms with Gasteiger partial charge >= 0.3 is 0 Å². The molecule has 0 saturated carbocycles. The molecule has 6 nitrogen and oxygen atoms in total. The number of aromatic nitrogens is 2. The van der Waals surface area contributed by atoms with Crippen molar-refractivity contribution in [1.29, 1.82) is 0 Å². The molecule has 0 aromatic carbocycles. The number of anilines is 2. The van der Waals surface area contributed by atoms with Crippen LogP contribution in [0.4, 0.5) is 11.8 Å². The van der Waals surface area contributed by atoms with Crippen LogP contribution in [0.5, 0.6) is 0 Å². The van der Waals surface area contributed by atoms with E-state index in [0.717, 1.165) is 22.6 Å². The molecular formula is C14H21N5OS. The Morgan fingerprint density at radius 3 is 2.86 bits per heavy atom. The van der Waals surface area contributed by atoms with E-state index in [1.54, 1.807) is 11.3 Å². The maximum atomic E-state index is 11.6. The Balaban J connectivity index is 2.03. The van der Waals surface area contributed by atoms with Crippen LogP contribution in [0.1, 0.15) is 27.2 Å². The molecule has 0 spiro atoms. The quantitative estimate of drug-likeness (QED) is 0.732. The van der Waals surface area contributed by atoms with Crippen LogP contribution in [0.15, 0.2) is 11.4 Å². The van der Waals surface area contributed by atoms with Crippen molar-refractivity contribution in [3.05, 3.63) is 11.4 Å². The zero-order valence-corrected chi connectivity index (χ0v) is 13.4. The van der Waals surface area contributed by atoms with Crippen LogP contribution in [0.25, 0.3) is 10.2 Å². The van der Waals surface area contributed by atoms with Crippen LogP contribution in [-0.2, 0) is 4.79 Å². The Labute approximate surface area is 128 Å². The van der Waals surface area contributed by atoms with Crippen LogP contribution >= 0.6 is 11.3 Å². The van der Waals surface area contributed by atoms with Crippen molar-refractivity contribution in [2.45, 2.75) is 33.2 Å². The smallest absolute Gasteiger partial charge is 0.226 e. The van der Waals surface area contributed by atoms with Crippen LogP contribution in [0.3, 0.4) is 0 Å². The highest BCUT2D eigenvalue weighted by atomic mass is 32.1. The van der Waals surface area contributed by atoms with E-state index >= 15 is 0 Å². The SMILES string of the molecule is CCNc1nc(NCCC(=O)NC(C)C)c2ccsc2n1. The molecule has 114 valence electrons. The van der Waals surface area contributed by atoms with E-state index in [9.17, 15) is 4.79 Å². The second kappa shape index (κ2) is 7.21. The van der Waals surface area contributed by atoms with Crippen LogP contribution in [0.2, 0.25) is 0 Å². The molecule has 2 rings (SSSR count). The first-order valence-corrected chi connectivity index (χ1v) is 8.00. The number of nitrogens with zero attached hydrogens (tertiary/aromatic N) is 2. The minimum atomic E-state index is 0.0417. The van der Waals surface area contributed by atoms with Gasteiger partial charge in [-0.25, -0.2) is 4.98 Å². The van der Waals surface area contributed by atoms with Crippen LogP contribution in [-0.4, -0.2) is 35.0 Å². The monoisotopic (exact) mass is 307 g/mol. The highest BCUT2D eigenvalue weighted by Gasteiger charge is 2.09. The molecule has 2 aromatic rings. The van der Waals surface area contributed by atoms with E-state index in [1.165, 1.54) is 0 Å². The van der Waals surface area contributed by atoms with E-state index < -0.39 is 0 Å². The maximum Gasteiger partial charge on any atom is 0.226 e. The number of carbonyl (C=O) groups is 1. The summed E-state index contributed by atoms with van der Waals surface area (Å²) in [7, 11) is 0. The Bertz CT molecular complexity index is 610. The van der Waals surface area contributed by atoms with Crippen molar-refractivity contribution in [3.8, 4) is 0 Å². The third-order valence-electron chi connectivity index (χ3n) is 2.75. The Morgan fingerprint density at radius 1 is 1.33 bits per heavy atom. The molecule has 2 aromatic heterocycles. The fourth-order valence-corrected chi connectivity index (χ4v) is 2.68. The number of carbonyl (C=O) groups excluding carboxylic acids is 1. The number of fused-ring (bicyclic) bond motifs is 1. The first-order chi connectivity index (χ1) is 10.1. The van der Waals surface area contributed by atoms with E-state index in [2.05, 4.69) is 25.9 Å². The first kappa shape index (κ1) is 15.5. The topological polar surface area (TPSA) is 78.9 Å². The Kier molecular flexibility index (Phi) is 5.32. The molecular weight excluding hydrogens is 286 g/mol. The van der Waals surface area contributed by atoms with Gasteiger partial charge in [0.25, 0.3) is 0 Å². The van der Waals surface area contributed by atoms with E-state index in [1.807, 2.05) is 32.2 Å². The Hall–Kier alpha value is -1.89. The minimum Gasteiger partial charge on any atom is -0.369 e. The van der Waals surface area contributed by atoms with Gasteiger partial charge in [-0.15, -0.1) is 11.3 Å². The summed E-state index contributed by atoms with van der Waals surface area (Å²) in [5.41, 5.74) is 0. The van der Waals surface area contributed by atoms with E-state index in [-0.39, 0.29) is 11.9 Å². The number of hydrogen-bond acceptors (Lipinski definition) is 6. The fourth-order valence-electron chi connectivity index (χ4n) is 1.92. The standard InChI is InChI=1S/C14H21N5OS/c1-4-15-14-18-12(10-6-8-21-13(10)19-14)16-7-5-11(20)17-9(2)3/h6,8-9H,4-5,7H2,1-3H3,(H,17,20)(H2,15,16,18,19). The molecule has 0 aliphatic carbocycles. The summed E-state index contributed by atoms with van der Waals surface area (Å²) in [5.74, 6) is 1.43. The molecule has 3 N–H and O–H groups in total. The predicted octanol–water partition coefficient (Wildman–Crippen LogP) is 2.45. The Morgan fingerprint density at radius 2 is 2.14 bits per heavy atom. The maximum absolute atomic E-state index is 11.6. The summed E-state index contributed by atoms with van der Waals surface area (Å²) < 4.78 is 0. The zero-order valence-electron chi connectivity index (χ0n) is 12.6. The van der Waals surface area contributed by atoms with E-state index in [4.69, 9.17) is 0 Å². The average Bonchev–Trinajstić information content (AvgIpc) is 2.86. The summed E-state index contributed by atoms with van der Waals surface area (Å²) >= 11 is 1.58. The molecule has 0 unspecified atom stereocenters. The summed E-state index contributed by atoms with van der Waals surface area (Å²) in [6, 6.07) is 2.16. The van der Waals surface area contributed by atoms with Crippen molar-refractivity contribution >= 4 is 39.2 Å². The summed E-state index contributed by atoms with van der Waals surface area (Å²) in [5, 5.41) is 12.2. The third-order valence-corrected chi connectivity index (χ3v) is 3.56. The molecule has 0 fully saturated rings. The second-order valence-corrected chi connectivity index (χ2v) is 5.86. The molecule has 0 saturated heterocycles. The van der Waals surface area contributed by atoms with Gasteiger partial charge in [-0.1, -0.05) is 0 Å². The van der Waals surface area contributed by atoms with Crippen molar-refractivity contribution in [2.75, 3.05) is 23.7 Å². The molecule has 21 heavy (non-hydrogen) atoms. The number of thiophene rings is 1. The number of rotatable bonds is 7. The minimum absolute atomic E-state index is 0.0417. The predicted molar refractivity (Wildman–Crippen MR) is 88.0 cm³/mol. The lowest BCUT2D eigenvalue weighted by Gasteiger charge is -2.10. The van der Waals surface area contributed by atoms with Gasteiger partial charge in [-0.2, -0.15) is 4.98 Å². The third kappa shape index (κ3) is 4.29. The van der Waals surface area contributed by atoms with Gasteiger partial charge in [0.2, 0.25) is 11.9 Å². The van der Waals surface area contributed by atoms with Crippen molar-refractivity contribution in [1.82, 2.24) is 15.3 Å². The van der Waals surface area contributed by atoms with Gasteiger partial charge in [0.15, 0.2) is 0 Å². The molecule has 0 bridgehead atoms. The first-order valence-electron chi connectivity index (χ1n) is 7.12. The molecule has 0 radical (unpaired) electrons. The summed E-state index contributed by atoms with van der Waals surface area (Å²) in [4.78, 5) is 21.5. The lowest BCUT2D eigenvalue weighted by Crippen LogP contribution is -2.31. The lowest BCUT2D eigenvalue weighted by molar-refractivity contribution is -0.121. The highest BCUT2D eigenvalue weighted by Crippen LogP contribution is 2.26. The van der Waals surface area contributed by atoms with Crippen molar-refractivity contribution in [2.24, 2.45) is 0 Å². The van der Waals surface area contributed by atoms with Gasteiger partial charge in [-0.05, 0) is 32.2 Å². The second-order valence-electron chi connectivity index (χ2n) is 4.96. The number of nitrogens with one attached hydrogen (secondary N) is 3. The molecule has 7 heteroatoms. The molecule has 0 aliphatic heterocycles. The van der Waals surface area contributed by atoms with Crippen LogP contribution < -0.4 is 16.0 Å². The molecule has 0 atom stereocenters. The zero-order chi connectivity index (χ0) is 15.2. The highest BCUT2D eigenvalue weighted by molar-refractivity contribution is 7.16. The largest absolute Gasteiger partial charge is 0.369 e. The normalized spacial score (nSPS) is 10.9. The van der Waals surface area contributed by atoms with Gasteiger partial charge < -0.3 is 16.0 Å². The van der Waals surface area contributed by atoms with Crippen molar-refractivity contribution in [3.63, 3.8) is 0 Å². The fraction of sp³-hybridized carbons (Fsp3) is 0.500. The van der Waals surface area contributed by atoms with Gasteiger partial charge in [-0.3, -0.25) is 4.79 Å². The molecule has 0 aliphatic rings. The lowest BCUT2D eigenvalue weighted by atomic mass is 10.3. The average molecular weight is 307 g/mol. The van der Waals surface area contributed by atoms with Crippen molar-refractivity contribution < 1.29 is 4.79 Å². The van der Waals surface area contributed by atoms with Gasteiger partial charge in [0.05, 0.1) is 5.39 Å². The summed E-state index contributed by atoms with van der Waals surface area (Å²) in [6.07, 6.45) is 0.421. The number of amides is 1. The molecule has 2 heterocycles. The summed E-state index contributed by atoms with van der Waals surface area (Å²) in [6.45, 7) is 7.23. The van der Waals surface area contributed by atoms with Crippen LogP contribution in [0, 0.1) is 0 Å². The van der Waals surface area contributed by atoms with E-state index in [0.29, 0.717) is 18.9 Å². The van der Waals surface area contributed by atoms with Gasteiger partial charge in [0, 0.05) is 25.6 Å². The molecule has 1 amide bonds.